The van der Waals surface area contributed by atoms with Crippen LogP contribution in [-0.4, -0.2) is 48.4 Å². The Morgan fingerprint density at radius 3 is 2.56 bits per heavy atom. The van der Waals surface area contributed by atoms with Crippen LogP contribution in [0.15, 0.2) is 59.7 Å². The monoisotopic (exact) mass is 333 g/mol. The SMILES string of the molecule is CCN1CCC(CN2C=CC(c3ccc4ccccc4c3)=NC2)CC1. The zero-order valence-corrected chi connectivity index (χ0v) is 15.1. The van der Waals surface area contributed by atoms with E-state index in [9.17, 15) is 0 Å². The van der Waals surface area contributed by atoms with E-state index in [2.05, 4.69) is 71.5 Å². The number of fused-ring (bicyclic) bond motifs is 1. The Kier molecular flexibility index (Phi) is 4.84. The summed E-state index contributed by atoms with van der Waals surface area (Å²) < 4.78 is 0. The van der Waals surface area contributed by atoms with Crippen LogP contribution in [0.2, 0.25) is 0 Å². The lowest BCUT2D eigenvalue weighted by atomic mass is 9.96. The number of allylic oxidation sites excluding steroid dienone is 1. The van der Waals surface area contributed by atoms with Crippen molar-refractivity contribution in [2.24, 2.45) is 10.9 Å². The van der Waals surface area contributed by atoms with Gasteiger partial charge in [-0.3, -0.25) is 4.99 Å². The van der Waals surface area contributed by atoms with Gasteiger partial charge in [0.05, 0.1) is 5.71 Å². The second-order valence-electron chi connectivity index (χ2n) is 7.21. The van der Waals surface area contributed by atoms with Crippen LogP contribution < -0.4 is 0 Å². The molecule has 0 atom stereocenters. The average Bonchev–Trinajstić information content (AvgIpc) is 2.69. The standard InChI is InChI=1S/C22H27N3/c1-2-24-12-9-18(10-13-24)16-25-14-11-22(23-17-25)21-8-7-19-5-3-4-6-20(19)15-21/h3-8,11,14-15,18H,2,9-10,12-13,16-17H2,1H3. The van der Waals surface area contributed by atoms with E-state index in [1.807, 2.05) is 0 Å². The second kappa shape index (κ2) is 7.40. The highest BCUT2D eigenvalue weighted by atomic mass is 15.2. The molecule has 2 aliphatic heterocycles. The molecule has 3 heteroatoms. The highest BCUT2D eigenvalue weighted by Crippen LogP contribution is 2.21. The maximum Gasteiger partial charge on any atom is 0.110 e. The Labute approximate surface area is 150 Å². The van der Waals surface area contributed by atoms with Gasteiger partial charge in [0.25, 0.3) is 0 Å². The van der Waals surface area contributed by atoms with Crippen LogP contribution in [0.25, 0.3) is 10.8 Å². The van der Waals surface area contributed by atoms with Crippen LogP contribution in [0, 0.1) is 5.92 Å². The highest BCUT2D eigenvalue weighted by molar-refractivity contribution is 6.10. The summed E-state index contributed by atoms with van der Waals surface area (Å²) in [5, 5.41) is 2.56. The summed E-state index contributed by atoms with van der Waals surface area (Å²) in [7, 11) is 0. The summed E-state index contributed by atoms with van der Waals surface area (Å²) in [4.78, 5) is 9.76. The van der Waals surface area contributed by atoms with Crippen LogP contribution in [0.1, 0.15) is 25.3 Å². The van der Waals surface area contributed by atoms with Crippen molar-refractivity contribution in [2.45, 2.75) is 19.8 Å². The van der Waals surface area contributed by atoms with Gasteiger partial charge >= 0.3 is 0 Å². The van der Waals surface area contributed by atoms with Gasteiger partial charge < -0.3 is 9.80 Å². The molecule has 0 aliphatic carbocycles. The quantitative estimate of drug-likeness (QED) is 0.837. The van der Waals surface area contributed by atoms with E-state index in [0.717, 1.165) is 24.8 Å². The maximum absolute atomic E-state index is 4.83. The van der Waals surface area contributed by atoms with Crippen molar-refractivity contribution in [3.05, 3.63) is 60.3 Å². The Hall–Kier alpha value is -2.13. The fourth-order valence-electron chi connectivity index (χ4n) is 3.91. The van der Waals surface area contributed by atoms with Gasteiger partial charge in [-0.2, -0.15) is 0 Å². The molecule has 0 saturated carbocycles. The largest absolute Gasteiger partial charge is 0.358 e. The van der Waals surface area contributed by atoms with Crippen LogP contribution in [0.4, 0.5) is 0 Å². The number of rotatable bonds is 4. The van der Waals surface area contributed by atoms with Gasteiger partial charge in [-0.1, -0.05) is 43.3 Å². The minimum Gasteiger partial charge on any atom is -0.358 e. The number of piperidine rings is 1. The smallest absolute Gasteiger partial charge is 0.110 e. The Bertz CT molecular complexity index is 785. The van der Waals surface area contributed by atoms with E-state index in [-0.39, 0.29) is 0 Å². The molecule has 1 fully saturated rings. The number of hydrogen-bond donors (Lipinski definition) is 0. The van der Waals surface area contributed by atoms with Crippen molar-refractivity contribution in [3.8, 4) is 0 Å². The topological polar surface area (TPSA) is 18.8 Å². The summed E-state index contributed by atoms with van der Waals surface area (Å²) >= 11 is 0. The molecule has 0 bridgehead atoms. The number of benzene rings is 2. The Balaban J connectivity index is 1.38. The molecule has 2 aliphatic rings. The number of aliphatic imine (C=N–C) groups is 1. The van der Waals surface area contributed by atoms with Crippen molar-refractivity contribution in [3.63, 3.8) is 0 Å². The summed E-state index contributed by atoms with van der Waals surface area (Å²) in [5.41, 5.74) is 2.31. The van der Waals surface area contributed by atoms with Gasteiger partial charge in [-0.05, 0) is 61.3 Å². The van der Waals surface area contributed by atoms with Crippen molar-refractivity contribution in [2.75, 3.05) is 32.8 Å². The van der Waals surface area contributed by atoms with E-state index >= 15 is 0 Å². The Morgan fingerprint density at radius 1 is 1.04 bits per heavy atom. The molecular formula is C22H27N3. The molecule has 25 heavy (non-hydrogen) atoms. The predicted molar refractivity (Wildman–Crippen MR) is 106 cm³/mol. The average molecular weight is 333 g/mol. The molecule has 0 aromatic heterocycles. The third-order valence-corrected chi connectivity index (χ3v) is 5.56. The second-order valence-corrected chi connectivity index (χ2v) is 7.21. The Morgan fingerprint density at radius 2 is 1.84 bits per heavy atom. The fourth-order valence-corrected chi connectivity index (χ4v) is 3.91. The molecule has 0 spiro atoms. The fraction of sp³-hybridized carbons (Fsp3) is 0.409. The lowest BCUT2D eigenvalue weighted by molar-refractivity contribution is 0.167. The molecular weight excluding hydrogens is 306 g/mol. The van der Waals surface area contributed by atoms with Crippen molar-refractivity contribution < 1.29 is 0 Å². The molecule has 2 aromatic rings. The summed E-state index contributed by atoms with van der Waals surface area (Å²) in [6.45, 7) is 7.89. The van der Waals surface area contributed by atoms with E-state index in [0.29, 0.717) is 0 Å². The van der Waals surface area contributed by atoms with E-state index in [4.69, 9.17) is 4.99 Å². The van der Waals surface area contributed by atoms with Crippen LogP contribution in [0.3, 0.4) is 0 Å². The molecule has 4 rings (SSSR count). The van der Waals surface area contributed by atoms with E-state index in [1.165, 1.54) is 48.8 Å². The predicted octanol–water partition coefficient (Wildman–Crippen LogP) is 4.15. The molecule has 130 valence electrons. The van der Waals surface area contributed by atoms with Crippen molar-refractivity contribution in [1.82, 2.24) is 9.80 Å². The molecule has 0 radical (unpaired) electrons. The zero-order valence-electron chi connectivity index (χ0n) is 15.1. The summed E-state index contributed by atoms with van der Waals surface area (Å²) in [5.74, 6) is 0.810. The van der Waals surface area contributed by atoms with Crippen LogP contribution >= 0.6 is 0 Å². The van der Waals surface area contributed by atoms with Crippen molar-refractivity contribution >= 4 is 16.5 Å². The molecule has 3 nitrogen and oxygen atoms in total. The van der Waals surface area contributed by atoms with Gasteiger partial charge in [-0.15, -0.1) is 0 Å². The number of likely N-dealkylation sites (tertiary alicyclic amines) is 1. The molecule has 2 heterocycles. The molecule has 0 amide bonds. The molecule has 2 aromatic carbocycles. The van der Waals surface area contributed by atoms with Crippen LogP contribution in [0.5, 0.6) is 0 Å². The minimum absolute atomic E-state index is 0.784. The first-order valence-electron chi connectivity index (χ1n) is 9.50. The third kappa shape index (κ3) is 3.77. The lowest BCUT2D eigenvalue weighted by Gasteiger charge is -2.34. The van der Waals surface area contributed by atoms with E-state index in [1.54, 1.807) is 0 Å². The van der Waals surface area contributed by atoms with E-state index < -0.39 is 0 Å². The zero-order chi connectivity index (χ0) is 17.1. The van der Waals surface area contributed by atoms with Gasteiger partial charge in [0.15, 0.2) is 0 Å². The highest BCUT2D eigenvalue weighted by Gasteiger charge is 2.20. The lowest BCUT2D eigenvalue weighted by Crippen LogP contribution is -2.38. The molecule has 1 saturated heterocycles. The normalized spacial score (nSPS) is 19.4. The first kappa shape index (κ1) is 16.3. The third-order valence-electron chi connectivity index (χ3n) is 5.56. The molecule has 0 N–H and O–H groups in total. The molecule has 0 unspecified atom stereocenters. The number of nitrogens with zero attached hydrogens (tertiary/aromatic N) is 3. The minimum atomic E-state index is 0.784. The number of hydrogen-bond acceptors (Lipinski definition) is 3. The summed E-state index contributed by atoms with van der Waals surface area (Å²) in [6, 6.07) is 15.1. The van der Waals surface area contributed by atoms with Gasteiger partial charge in [0, 0.05) is 18.3 Å². The van der Waals surface area contributed by atoms with Gasteiger partial charge in [0.1, 0.15) is 6.67 Å². The van der Waals surface area contributed by atoms with Crippen LogP contribution in [-0.2, 0) is 0 Å². The summed E-state index contributed by atoms with van der Waals surface area (Å²) in [6.07, 6.45) is 7.05. The van der Waals surface area contributed by atoms with Crippen molar-refractivity contribution in [1.29, 1.82) is 0 Å². The van der Waals surface area contributed by atoms with Gasteiger partial charge in [-0.25, -0.2) is 0 Å². The first-order chi connectivity index (χ1) is 12.3. The maximum atomic E-state index is 4.83. The van der Waals surface area contributed by atoms with Gasteiger partial charge in [0.2, 0.25) is 0 Å². The first-order valence-corrected chi connectivity index (χ1v) is 9.50.